The number of nitrogens with zero attached hydrogens (tertiary/aromatic N) is 3. The van der Waals surface area contributed by atoms with Crippen LogP contribution in [0.25, 0.3) is 21.9 Å². The molecule has 0 amide bonds. The normalized spacial score (nSPS) is 11.6. The molecule has 0 bridgehead atoms. The molecule has 0 saturated carbocycles. The number of fused-ring (bicyclic) bond motifs is 3. The van der Waals surface area contributed by atoms with Crippen molar-refractivity contribution in [1.29, 1.82) is 0 Å². The van der Waals surface area contributed by atoms with E-state index in [9.17, 15) is 0 Å². The number of ether oxygens (including phenoxy) is 2. The van der Waals surface area contributed by atoms with Crippen molar-refractivity contribution in [1.82, 2.24) is 19.9 Å². The number of nitrogen functional groups attached to an aromatic ring is 1. The number of rotatable bonds is 13. The Bertz CT molecular complexity index is 954. The van der Waals surface area contributed by atoms with E-state index < -0.39 is 0 Å². The third-order valence-electron chi connectivity index (χ3n) is 5.23. The largest absolute Gasteiger partial charge is 0.494 e. The highest BCUT2D eigenvalue weighted by Gasteiger charge is 2.17. The Morgan fingerprint density at radius 2 is 1.93 bits per heavy atom. The van der Waals surface area contributed by atoms with Crippen molar-refractivity contribution >= 4 is 27.8 Å². The molecule has 0 unspecified atom stereocenters. The molecular weight excluding hydrogens is 378 g/mol. The van der Waals surface area contributed by atoms with Crippen LogP contribution in [0.1, 0.15) is 51.8 Å². The maximum Gasteiger partial charge on any atom is 0.152 e. The Labute approximate surface area is 179 Å². The summed E-state index contributed by atoms with van der Waals surface area (Å²) >= 11 is 0. The molecule has 0 saturated heterocycles. The van der Waals surface area contributed by atoms with Crippen LogP contribution in [0.15, 0.2) is 18.2 Å². The Hall–Kier alpha value is -2.38. The molecule has 3 rings (SSSR count). The van der Waals surface area contributed by atoms with Gasteiger partial charge in [-0.1, -0.05) is 19.8 Å². The minimum atomic E-state index is 0.459. The van der Waals surface area contributed by atoms with Gasteiger partial charge in [0.25, 0.3) is 0 Å². The summed E-state index contributed by atoms with van der Waals surface area (Å²) in [6.45, 7) is 7.92. The van der Waals surface area contributed by atoms with Crippen molar-refractivity contribution in [2.24, 2.45) is 0 Å². The molecular formula is C23H35N5O2. The van der Waals surface area contributed by atoms with E-state index in [-0.39, 0.29) is 0 Å². The highest BCUT2D eigenvalue weighted by atomic mass is 16.5. The Kier molecular flexibility index (Phi) is 8.28. The van der Waals surface area contributed by atoms with E-state index in [4.69, 9.17) is 20.2 Å². The summed E-state index contributed by atoms with van der Waals surface area (Å²) in [7, 11) is 1.99. The molecule has 0 aliphatic heterocycles. The summed E-state index contributed by atoms with van der Waals surface area (Å²) in [5.74, 6) is 2.21. The Morgan fingerprint density at radius 1 is 1.10 bits per heavy atom. The molecule has 3 aromatic rings. The van der Waals surface area contributed by atoms with Crippen molar-refractivity contribution in [2.75, 3.05) is 32.5 Å². The first-order valence-electron chi connectivity index (χ1n) is 11.1. The van der Waals surface area contributed by atoms with Crippen LogP contribution in [0, 0.1) is 0 Å². The summed E-state index contributed by atoms with van der Waals surface area (Å²) in [5.41, 5.74) is 8.88. The van der Waals surface area contributed by atoms with Gasteiger partial charge in [-0.25, -0.2) is 9.97 Å². The highest BCUT2D eigenvalue weighted by Crippen LogP contribution is 2.31. The van der Waals surface area contributed by atoms with E-state index in [1.165, 1.54) is 19.3 Å². The second-order valence-corrected chi connectivity index (χ2v) is 7.56. The number of nitrogens with one attached hydrogen (secondary N) is 1. The van der Waals surface area contributed by atoms with Crippen molar-refractivity contribution in [3.05, 3.63) is 24.0 Å². The standard InChI is InChI=1S/C23H35N5O2/c1-4-13-28-20(16-29-5-2)27-21-22(28)18-15-17(10-11-19(18)26-23(21)24)30-14-9-7-6-8-12-25-3/h10-11,15,25H,4-9,12-14,16H2,1-3H3,(H2,24,26). The lowest BCUT2D eigenvalue weighted by atomic mass is 10.1. The van der Waals surface area contributed by atoms with Gasteiger partial charge in [0.1, 0.15) is 23.7 Å². The smallest absolute Gasteiger partial charge is 0.152 e. The number of anilines is 1. The quantitative estimate of drug-likeness (QED) is 0.407. The van der Waals surface area contributed by atoms with Gasteiger partial charge < -0.3 is 25.1 Å². The fourth-order valence-electron chi connectivity index (χ4n) is 3.74. The van der Waals surface area contributed by atoms with E-state index in [1.54, 1.807) is 0 Å². The van der Waals surface area contributed by atoms with Gasteiger partial charge in [-0.2, -0.15) is 0 Å². The summed E-state index contributed by atoms with van der Waals surface area (Å²) in [6, 6.07) is 6.03. The maximum atomic E-state index is 6.25. The molecule has 0 fully saturated rings. The topological polar surface area (TPSA) is 87.2 Å². The first-order chi connectivity index (χ1) is 14.7. The number of nitrogens with two attached hydrogens (primary N) is 1. The van der Waals surface area contributed by atoms with Gasteiger partial charge in [0, 0.05) is 18.5 Å². The van der Waals surface area contributed by atoms with Gasteiger partial charge in [0.2, 0.25) is 0 Å². The Balaban J connectivity index is 1.86. The SMILES string of the molecule is CCCn1c(COCC)nc2c(N)nc3ccc(OCCCCCCNC)cc3c21. The molecule has 2 heterocycles. The van der Waals surface area contributed by atoms with Crippen LogP contribution in [0.2, 0.25) is 0 Å². The molecule has 3 N–H and O–H groups in total. The number of imidazole rings is 1. The van der Waals surface area contributed by atoms with Crippen LogP contribution >= 0.6 is 0 Å². The molecule has 7 heteroatoms. The second kappa shape index (κ2) is 11.1. The van der Waals surface area contributed by atoms with Crippen LogP contribution < -0.4 is 15.8 Å². The first kappa shape index (κ1) is 22.3. The molecule has 2 aromatic heterocycles. The first-order valence-corrected chi connectivity index (χ1v) is 11.1. The number of unbranched alkanes of at least 4 members (excludes halogenated alkanes) is 3. The lowest BCUT2D eigenvalue weighted by Gasteiger charge is -2.11. The van der Waals surface area contributed by atoms with Gasteiger partial charge in [0.05, 0.1) is 17.6 Å². The van der Waals surface area contributed by atoms with E-state index in [2.05, 4.69) is 27.9 Å². The molecule has 1 aromatic carbocycles. The average Bonchev–Trinajstić information content (AvgIpc) is 3.11. The lowest BCUT2D eigenvalue weighted by molar-refractivity contribution is 0.126. The molecule has 0 atom stereocenters. The van der Waals surface area contributed by atoms with Gasteiger partial charge >= 0.3 is 0 Å². The number of hydrogen-bond acceptors (Lipinski definition) is 6. The zero-order valence-electron chi connectivity index (χ0n) is 18.5. The number of aromatic nitrogens is 3. The summed E-state index contributed by atoms with van der Waals surface area (Å²) in [5, 5.41) is 4.21. The van der Waals surface area contributed by atoms with Crippen molar-refractivity contribution in [3.8, 4) is 5.75 Å². The van der Waals surface area contributed by atoms with Crippen LogP contribution in [0.5, 0.6) is 5.75 Å². The summed E-state index contributed by atoms with van der Waals surface area (Å²) in [4.78, 5) is 9.34. The van der Waals surface area contributed by atoms with Crippen LogP contribution in [-0.4, -0.2) is 41.3 Å². The molecule has 164 valence electrons. The second-order valence-electron chi connectivity index (χ2n) is 7.56. The van der Waals surface area contributed by atoms with E-state index >= 15 is 0 Å². The van der Waals surface area contributed by atoms with E-state index in [0.717, 1.165) is 66.0 Å². The minimum absolute atomic E-state index is 0.459. The van der Waals surface area contributed by atoms with Crippen LogP contribution in [0.4, 0.5) is 5.82 Å². The fraction of sp³-hybridized carbons (Fsp3) is 0.565. The van der Waals surface area contributed by atoms with Crippen molar-refractivity contribution in [2.45, 2.75) is 59.1 Å². The van der Waals surface area contributed by atoms with Crippen LogP contribution in [0.3, 0.4) is 0 Å². The maximum absolute atomic E-state index is 6.25. The molecule has 7 nitrogen and oxygen atoms in total. The zero-order valence-corrected chi connectivity index (χ0v) is 18.5. The third kappa shape index (κ3) is 5.21. The molecule has 0 radical (unpaired) electrons. The average molecular weight is 414 g/mol. The number of hydrogen-bond donors (Lipinski definition) is 2. The molecule has 30 heavy (non-hydrogen) atoms. The number of aryl methyl sites for hydroxylation is 1. The molecule has 0 aliphatic carbocycles. The molecule has 0 aliphatic rings. The predicted octanol–water partition coefficient (Wildman–Crippen LogP) is 4.27. The monoisotopic (exact) mass is 413 g/mol. The van der Waals surface area contributed by atoms with Crippen molar-refractivity contribution < 1.29 is 9.47 Å². The molecule has 0 spiro atoms. The predicted molar refractivity (Wildman–Crippen MR) is 123 cm³/mol. The van der Waals surface area contributed by atoms with E-state index in [1.807, 2.05) is 26.1 Å². The number of pyridine rings is 1. The lowest BCUT2D eigenvalue weighted by Crippen LogP contribution is -2.07. The van der Waals surface area contributed by atoms with E-state index in [0.29, 0.717) is 19.0 Å². The van der Waals surface area contributed by atoms with Gasteiger partial charge in [0.15, 0.2) is 5.82 Å². The summed E-state index contributed by atoms with van der Waals surface area (Å²) in [6.07, 6.45) is 5.68. The van der Waals surface area contributed by atoms with Gasteiger partial charge in [-0.3, -0.25) is 0 Å². The van der Waals surface area contributed by atoms with Gasteiger partial charge in [-0.05, 0) is 58.0 Å². The summed E-state index contributed by atoms with van der Waals surface area (Å²) < 4.78 is 13.9. The van der Waals surface area contributed by atoms with Gasteiger partial charge in [-0.15, -0.1) is 0 Å². The van der Waals surface area contributed by atoms with Crippen LogP contribution in [-0.2, 0) is 17.9 Å². The highest BCUT2D eigenvalue weighted by molar-refractivity contribution is 6.07. The Morgan fingerprint density at radius 3 is 2.70 bits per heavy atom. The number of benzene rings is 1. The minimum Gasteiger partial charge on any atom is -0.494 e. The van der Waals surface area contributed by atoms with Crippen molar-refractivity contribution in [3.63, 3.8) is 0 Å². The fourth-order valence-corrected chi connectivity index (χ4v) is 3.74. The zero-order chi connectivity index (χ0) is 21.3. The third-order valence-corrected chi connectivity index (χ3v) is 5.23.